The Morgan fingerprint density at radius 3 is 2.42 bits per heavy atom. The summed E-state index contributed by atoms with van der Waals surface area (Å²) >= 11 is 0. The third-order valence-electron chi connectivity index (χ3n) is 4.97. The lowest BCUT2D eigenvalue weighted by molar-refractivity contribution is 0.102. The van der Waals surface area contributed by atoms with Gasteiger partial charge >= 0.3 is 0 Å². The summed E-state index contributed by atoms with van der Waals surface area (Å²) in [7, 11) is 1.58. The molecule has 1 aromatic heterocycles. The Morgan fingerprint density at radius 1 is 0.970 bits per heavy atom. The second kappa shape index (κ2) is 9.82. The molecule has 0 radical (unpaired) electrons. The number of carbonyl (C=O) groups is 1. The maximum atomic E-state index is 12.5. The number of nitrogens with zero attached hydrogens (tertiary/aromatic N) is 2. The highest BCUT2D eigenvalue weighted by molar-refractivity contribution is 6.04. The van der Waals surface area contributed by atoms with Crippen molar-refractivity contribution in [3.05, 3.63) is 112 Å². The van der Waals surface area contributed by atoms with Crippen molar-refractivity contribution in [3.63, 3.8) is 0 Å². The Balaban J connectivity index is 1.46. The van der Waals surface area contributed by atoms with Crippen LogP contribution in [0.4, 0.5) is 5.69 Å². The van der Waals surface area contributed by atoms with Crippen LogP contribution in [-0.4, -0.2) is 22.8 Å². The molecule has 166 valence electrons. The zero-order chi connectivity index (χ0) is 23.2. The van der Waals surface area contributed by atoms with Crippen LogP contribution in [0.3, 0.4) is 0 Å². The molecule has 0 aliphatic heterocycles. The number of amides is 1. The molecular formula is C26H23N3O4. The van der Waals surface area contributed by atoms with Gasteiger partial charge in [-0.2, -0.15) is 4.68 Å². The van der Waals surface area contributed by atoms with Crippen molar-refractivity contribution in [2.45, 2.75) is 13.5 Å². The van der Waals surface area contributed by atoms with E-state index in [1.54, 1.807) is 61.7 Å². The van der Waals surface area contributed by atoms with E-state index in [0.717, 1.165) is 11.1 Å². The van der Waals surface area contributed by atoms with Gasteiger partial charge in [0, 0.05) is 23.4 Å². The van der Waals surface area contributed by atoms with Crippen molar-refractivity contribution in [2.75, 3.05) is 12.4 Å². The minimum absolute atomic E-state index is 0.262. The molecule has 0 aliphatic rings. The summed E-state index contributed by atoms with van der Waals surface area (Å²) in [5.74, 6) is 0.778. The van der Waals surface area contributed by atoms with Gasteiger partial charge < -0.3 is 14.8 Å². The summed E-state index contributed by atoms with van der Waals surface area (Å²) in [6.45, 7) is 2.36. The van der Waals surface area contributed by atoms with Crippen molar-refractivity contribution in [2.24, 2.45) is 0 Å². The maximum Gasteiger partial charge on any atom is 0.271 e. The predicted molar refractivity (Wildman–Crippen MR) is 126 cm³/mol. The first-order valence-electron chi connectivity index (χ1n) is 10.4. The number of carbonyl (C=O) groups excluding carboxylic acids is 1. The number of aromatic nitrogens is 2. The first kappa shape index (κ1) is 21.8. The second-order valence-corrected chi connectivity index (χ2v) is 7.43. The molecule has 0 atom stereocenters. The lowest BCUT2D eigenvalue weighted by atomic mass is 10.1. The third kappa shape index (κ3) is 5.46. The maximum absolute atomic E-state index is 12.5. The van der Waals surface area contributed by atoms with E-state index in [4.69, 9.17) is 9.47 Å². The number of rotatable bonds is 7. The number of hydrogen-bond donors (Lipinski definition) is 1. The summed E-state index contributed by atoms with van der Waals surface area (Å²) in [5.41, 5.74) is 3.50. The van der Waals surface area contributed by atoms with Crippen molar-refractivity contribution in [3.8, 4) is 17.3 Å². The predicted octanol–water partition coefficient (Wildman–Crippen LogP) is 4.38. The normalized spacial score (nSPS) is 10.5. The minimum atomic E-state index is -0.298. The average Bonchev–Trinajstić information content (AvgIpc) is 2.84. The molecule has 0 saturated heterocycles. The molecular weight excluding hydrogens is 418 g/mol. The lowest BCUT2D eigenvalue weighted by Crippen LogP contribution is -2.20. The number of anilines is 1. The second-order valence-electron chi connectivity index (χ2n) is 7.43. The zero-order valence-electron chi connectivity index (χ0n) is 18.3. The van der Waals surface area contributed by atoms with E-state index < -0.39 is 0 Å². The van der Waals surface area contributed by atoms with E-state index in [2.05, 4.69) is 10.4 Å². The van der Waals surface area contributed by atoms with Gasteiger partial charge in [-0.05, 0) is 61.0 Å². The van der Waals surface area contributed by atoms with Crippen molar-refractivity contribution >= 4 is 11.6 Å². The molecule has 1 N–H and O–H groups in total. The van der Waals surface area contributed by atoms with Crippen molar-refractivity contribution in [1.82, 2.24) is 9.78 Å². The van der Waals surface area contributed by atoms with Gasteiger partial charge in [-0.15, -0.1) is 5.10 Å². The van der Waals surface area contributed by atoms with Gasteiger partial charge in [-0.3, -0.25) is 9.59 Å². The average molecular weight is 441 g/mol. The molecule has 3 aromatic carbocycles. The van der Waals surface area contributed by atoms with Gasteiger partial charge in [-0.1, -0.05) is 29.8 Å². The Bertz CT molecular complexity index is 1310. The topological polar surface area (TPSA) is 82.4 Å². The van der Waals surface area contributed by atoms with Crippen LogP contribution in [0.2, 0.25) is 0 Å². The molecule has 0 saturated carbocycles. The highest BCUT2D eigenvalue weighted by Crippen LogP contribution is 2.17. The fourth-order valence-electron chi connectivity index (χ4n) is 3.25. The number of benzene rings is 3. The van der Waals surface area contributed by atoms with Crippen LogP contribution in [0.25, 0.3) is 5.69 Å². The molecule has 0 unspecified atom stereocenters. The number of hydrogen-bond acceptors (Lipinski definition) is 5. The van der Waals surface area contributed by atoms with Crippen LogP contribution in [0.5, 0.6) is 11.6 Å². The van der Waals surface area contributed by atoms with Crippen LogP contribution >= 0.6 is 0 Å². The van der Waals surface area contributed by atoms with E-state index in [-0.39, 0.29) is 11.5 Å². The molecule has 0 spiro atoms. The first-order chi connectivity index (χ1) is 16.0. The van der Waals surface area contributed by atoms with Crippen molar-refractivity contribution < 1.29 is 14.3 Å². The summed E-state index contributed by atoms with van der Waals surface area (Å²) in [4.78, 5) is 24.9. The molecule has 0 aliphatic carbocycles. The van der Waals surface area contributed by atoms with Gasteiger partial charge in [0.15, 0.2) is 0 Å². The highest BCUT2D eigenvalue weighted by atomic mass is 16.5. The van der Waals surface area contributed by atoms with E-state index in [0.29, 0.717) is 35.2 Å². The monoisotopic (exact) mass is 441 g/mol. The molecule has 0 bridgehead atoms. The molecule has 7 nitrogen and oxygen atoms in total. The van der Waals surface area contributed by atoms with E-state index in [9.17, 15) is 9.59 Å². The Labute approximate surface area is 191 Å². The van der Waals surface area contributed by atoms with Crippen LogP contribution in [-0.2, 0) is 6.61 Å². The van der Waals surface area contributed by atoms with Gasteiger partial charge in [0.05, 0.1) is 12.8 Å². The van der Waals surface area contributed by atoms with E-state index >= 15 is 0 Å². The molecule has 0 fully saturated rings. The van der Waals surface area contributed by atoms with Crippen LogP contribution in [0, 0.1) is 6.92 Å². The standard InChI is InChI=1S/C26H23N3O4/c1-18-4-3-5-19(16-18)17-33-24-14-15-25(30)29(28-24)22-10-6-20(7-11-22)26(31)27-21-8-12-23(32-2)13-9-21/h3-16H,17H2,1-2H3,(H,27,31). The Kier molecular flexibility index (Phi) is 6.50. The number of nitrogens with one attached hydrogen (secondary N) is 1. The number of aryl methyl sites for hydroxylation is 1. The third-order valence-corrected chi connectivity index (χ3v) is 4.97. The zero-order valence-corrected chi connectivity index (χ0v) is 18.3. The molecule has 33 heavy (non-hydrogen) atoms. The fourth-order valence-corrected chi connectivity index (χ4v) is 3.25. The van der Waals surface area contributed by atoms with Crippen LogP contribution < -0.4 is 20.3 Å². The first-order valence-corrected chi connectivity index (χ1v) is 10.4. The van der Waals surface area contributed by atoms with Crippen LogP contribution in [0.15, 0.2) is 89.7 Å². The highest BCUT2D eigenvalue weighted by Gasteiger charge is 2.09. The molecule has 7 heteroatoms. The van der Waals surface area contributed by atoms with Gasteiger partial charge in [0.2, 0.25) is 5.88 Å². The minimum Gasteiger partial charge on any atom is -0.497 e. The summed E-state index contributed by atoms with van der Waals surface area (Å²) < 4.78 is 12.1. The van der Waals surface area contributed by atoms with Gasteiger partial charge in [0.1, 0.15) is 12.4 Å². The van der Waals surface area contributed by atoms with Crippen LogP contribution in [0.1, 0.15) is 21.5 Å². The molecule has 4 rings (SSSR count). The molecule has 4 aromatic rings. The Hall–Kier alpha value is -4.39. The molecule has 1 amide bonds. The Morgan fingerprint density at radius 2 is 1.73 bits per heavy atom. The summed E-state index contributed by atoms with van der Waals surface area (Å²) in [5, 5.41) is 7.13. The largest absolute Gasteiger partial charge is 0.497 e. The fraction of sp³-hybridized carbons (Fsp3) is 0.115. The van der Waals surface area contributed by atoms with E-state index in [1.807, 2.05) is 31.2 Å². The lowest BCUT2D eigenvalue weighted by Gasteiger charge is -2.10. The number of ether oxygens (including phenoxy) is 2. The van der Waals surface area contributed by atoms with E-state index in [1.165, 1.54) is 10.7 Å². The van der Waals surface area contributed by atoms with Gasteiger partial charge in [-0.25, -0.2) is 0 Å². The summed E-state index contributed by atoms with van der Waals surface area (Å²) in [6, 6.07) is 24.6. The van der Waals surface area contributed by atoms with Crippen molar-refractivity contribution in [1.29, 1.82) is 0 Å². The smallest absolute Gasteiger partial charge is 0.271 e. The quantitative estimate of drug-likeness (QED) is 0.460. The number of methoxy groups -OCH3 is 1. The molecule has 1 heterocycles. The SMILES string of the molecule is COc1ccc(NC(=O)c2ccc(-n3nc(OCc4cccc(C)c4)ccc3=O)cc2)cc1. The summed E-state index contributed by atoms with van der Waals surface area (Å²) in [6.07, 6.45) is 0. The van der Waals surface area contributed by atoms with Gasteiger partial charge in [0.25, 0.3) is 11.5 Å².